The van der Waals surface area contributed by atoms with Crippen LogP contribution >= 0.6 is 22.7 Å². The Morgan fingerprint density at radius 2 is 1.06 bits per heavy atom. The molecule has 0 spiro atoms. The molecule has 5 aromatic carbocycles. The van der Waals surface area contributed by atoms with Gasteiger partial charge < -0.3 is 20.4 Å². The monoisotopic (exact) mass is 922 g/mol. The van der Waals surface area contributed by atoms with E-state index in [0.29, 0.717) is 28.5 Å². The molecular weight excluding hydrogens is 885 g/mol. The average Bonchev–Trinajstić information content (AvgIpc) is 4.01. The van der Waals surface area contributed by atoms with Crippen molar-refractivity contribution in [2.45, 2.75) is 44.4 Å². The van der Waals surface area contributed by atoms with Gasteiger partial charge in [-0.2, -0.15) is 0 Å². The Bertz CT molecular complexity index is 3150. The van der Waals surface area contributed by atoms with E-state index >= 15 is 0 Å². The van der Waals surface area contributed by atoms with Gasteiger partial charge in [0.25, 0.3) is 0 Å². The number of hydrogen-bond acceptors (Lipinski definition) is 9. The van der Waals surface area contributed by atoms with Crippen molar-refractivity contribution in [1.82, 2.24) is 29.7 Å². The van der Waals surface area contributed by atoms with Gasteiger partial charge in [-0.15, -0.1) is 22.7 Å². The Hall–Kier alpha value is -7.25. The van der Waals surface area contributed by atoms with Gasteiger partial charge >= 0.3 is 5.69 Å². The second kappa shape index (κ2) is 18.8. The maximum Gasteiger partial charge on any atom is 0.330 e. The molecule has 19 heteroatoms. The molecule has 2 N–H and O–H groups in total. The molecule has 0 saturated carbocycles. The molecule has 3 aromatic heterocycles. The molecule has 4 amide bonds. The highest BCUT2D eigenvalue weighted by atomic mass is 32.1. The van der Waals surface area contributed by atoms with Gasteiger partial charge in [0.1, 0.15) is 48.4 Å². The van der Waals surface area contributed by atoms with Crippen LogP contribution in [-0.2, 0) is 45.1 Å². The van der Waals surface area contributed by atoms with E-state index in [1.165, 1.54) is 46.6 Å². The molecule has 8 rings (SSSR count). The van der Waals surface area contributed by atoms with Crippen molar-refractivity contribution in [2.75, 3.05) is 23.9 Å². The number of nitrogens with zero attached hydrogens (tertiary/aromatic N) is 6. The molecule has 13 nitrogen and oxygen atoms in total. The highest BCUT2D eigenvalue weighted by Gasteiger charge is 2.29. The Labute approximate surface area is 375 Å². The number of hydrogen-bond donors (Lipinski definition) is 2. The predicted octanol–water partition coefficient (Wildman–Crippen LogP) is 6.75. The average molecular weight is 923 g/mol. The zero-order chi connectivity index (χ0) is 45.9. The van der Waals surface area contributed by atoms with E-state index in [9.17, 15) is 41.5 Å². The number of rotatable bonds is 15. The molecule has 0 aliphatic rings. The number of aromatic nitrogens is 4. The maximum atomic E-state index is 14.3. The molecule has 2 atom stereocenters. The Kier molecular flexibility index (Phi) is 12.9. The third-order valence-electron chi connectivity index (χ3n) is 10.9. The first-order valence-electron chi connectivity index (χ1n) is 20.1. The van der Waals surface area contributed by atoms with Crippen LogP contribution in [0.25, 0.3) is 31.5 Å². The van der Waals surface area contributed by atoms with Gasteiger partial charge in [0.05, 0.1) is 42.5 Å². The molecule has 0 saturated heterocycles. The molecule has 332 valence electrons. The highest BCUT2D eigenvalue weighted by Crippen LogP contribution is 2.26. The molecule has 0 aliphatic heterocycles. The van der Waals surface area contributed by atoms with Crippen LogP contribution in [0.15, 0.2) is 113 Å². The minimum absolute atomic E-state index is 0.00711. The predicted molar refractivity (Wildman–Crippen MR) is 241 cm³/mol. The van der Waals surface area contributed by atoms with E-state index in [2.05, 4.69) is 20.6 Å². The number of nitrogens with one attached hydrogen (secondary N) is 2. The lowest BCUT2D eigenvalue weighted by atomic mass is 10.0. The van der Waals surface area contributed by atoms with Gasteiger partial charge in [-0.3, -0.25) is 28.3 Å². The minimum Gasteiger partial charge on any atom is -0.343 e. The SMILES string of the molecule is CN(C(=O)[C@H](CCc1cc(F)cc(F)c1)NC(=O)Cn1c(=O)n(CC(=O)N[C@@H](Cc2cc(F)cc(F)c2)C(=O)N(C)c2ccc3scnc3c2)c2ccccc21)c1ccc2scnc2c1. The standard InChI is InChI=1S/C46H38F4N8O5S2/c1-55(32-8-11-40-35(20-32)51-24-64-40)44(61)34(10-7-26-13-28(47)18-29(48)14-26)53-42(59)22-57-38-5-3-4-6-39(38)58(46(57)63)23-43(60)54-37(17-27-15-30(49)19-31(50)16-27)45(62)56(2)33-9-12-41-36(21-33)52-25-65-41/h3-6,8-9,11-16,18-21,24-25,34,37H,7,10,17,22-23H2,1-2H3,(H,53,59)(H,54,60)/t34-,37-/m0/s1. The fraction of sp³-hybridized carbons (Fsp3) is 0.196. The quantitative estimate of drug-likeness (QED) is 0.108. The van der Waals surface area contributed by atoms with E-state index in [-0.39, 0.29) is 41.4 Å². The van der Waals surface area contributed by atoms with Gasteiger partial charge in [-0.25, -0.2) is 32.3 Å². The summed E-state index contributed by atoms with van der Waals surface area (Å²) in [6, 6.07) is 20.1. The summed E-state index contributed by atoms with van der Waals surface area (Å²) in [6.45, 7) is -1.22. The van der Waals surface area contributed by atoms with E-state index in [4.69, 9.17) is 0 Å². The Morgan fingerprint density at radius 1 is 0.615 bits per heavy atom. The first-order valence-corrected chi connectivity index (χ1v) is 21.8. The number of imidazole rings is 1. The van der Waals surface area contributed by atoms with Gasteiger partial charge in [-0.05, 0) is 96.8 Å². The summed E-state index contributed by atoms with van der Waals surface area (Å²) < 4.78 is 60.8. The van der Waals surface area contributed by atoms with Gasteiger partial charge in [0, 0.05) is 44.0 Å². The van der Waals surface area contributed by atoms with Crippen LogP contribution in [0.2, 0.25) is 0 Å². The number of thiazole rings is 2. The molecule has 0 fully saturated rings. The van der Waals surface area contributed by atoms with Crippen LogP contribution in [0.4, 0.5) is 28.9 Å². The lowest BCUT2D eigenvalue weighted by Crippen LogP contribution is -2.50. The molecular formula is C46H38F4N8O5S2. The zero-order valence-corrected chi connectivity index (χ0v) is 36.3. The molecule has 8 aromatic rings. The highest BCUT2D eigenvalue weighted by molar-refractivity contribution is 7.17. The number of carbonyl (C=O) groups is 4. The van der Waals surface area contributed by atoms with Crippen LogP contribution in [0.5, 0.6) is 0 Å². The first kappa shape index (κ1) is 44.4. The number of aryl methyl sites for hydroxylation is 1. The summed E-state index contributed by atoms with van der Waals surface area (Å²) >= 11 is 2.84. The van der Waals surface area contributed by atoms with Crippen LogP contribution in [0.1, 0.15) is 17.5 Å². The molecule has 0 radical (unpaired) electrons. The van der Waals surface area contributed by atoms with Gasteiger partial charge in [-0.1, -0.05) is 12.1 Å². The van der Waals surface area contributed by atoms with Gasteiger partial charge in [0.15, 0.2) is 0 Å². The number of carbonyl (C=O) groups excluding carboxylic acids is 4. The van der Waals surface area contributed by atoms with Crippen LogP contribution in [-0.4, -0.2) is 68.9 Å². The Morgan fingerprint density at radius 3 is 1.55 bits per heavy atom. The topological polar surface area (TPSA) is 152 Å². The molecule has 0 aliphatic carbocycles. The normalized spacial score (nSPS) is 12.3. The van der Waals surface area contributed by atoms with Crippen molar-refractivity contribution in [1.29, 1.82) is 0 Å². The third-order valence-corrected chi connectivity index (χ3v) is 12.5. The summed E-state index contributed by atoms with van der Waals surface area (Å²) in [4.78, 5) is 81.3. The minimum atomic E-state index is -1.35. The summed E-state index contributed by atoms with van der Waals surface area (Å²) in [5, 5.41) is 5.37. The lowest BCUT2D eigenvalue weighted by molar-refractivity contribution is -0.128. The Balaban J connectivity index is 1.03. The summed E-state index contributed by atoms with van der Waals surface area (Å²) in [6.07, 6.45) is -0.361. The van der Waals surface area contributed by atoms with Crippen molar-refractivity contribution < 1.29 is 36.7 Å². The van der Waals surface area contributed by atoms with E-state index < -0.39 is 77.8 Å². The van der Waals surface area contributed by atoms with E-state index in [1.54, 1.807) is 65.6 Å². The zero-order valence-electron chi connectivity index (χ0n) is 34.6. The van der Waals surface area contributed by atoms with Crippen molar-refractivity contribution in [2.24, 2.45) is 0 Å². The molecule has 3 heterocycles. The number of benzene rings is 5. The fourth-order valence-electron chi connectivity index (χ4n) is 7.67. The second-order valence-electron chi connectivity index (χ2n) is 15.3. The summed E-state index contributed by atoms with van der Waals surface area (Å²) in [5.41, 5.74) is 5.69. The maximum absolute atomic E-state index is 14.3. The smallest absolute Gasteiger partial charge is 0.330 e. The fourth-order valence-corrected chi connectivity index (χ4v) is 8.98. The van der Waals surface area contributed by atoms with Crippen LogP contribution in [0, 0.1) is 23.3 Å². The largest absolute Gasteiger partial charge is 0.343 e. The van der Waals surface area contributed by atoms with Crippen molar-refractivity contribution in [3.05, 3.63) is 153 Å². The number of anilines is 2. The van der Waals surface area contributed by atoms with Crippen molar-refractivity contribution >= 4 is 89.1 Å². The first-order chi connectivity index (χ1) is 31.2. The third kappa shape index (κ3) is 9.95. The summed E-state index contributed by atoms with van der Waals surface area (Å²) in [5.74, 6) is -6.06. The van der Waals surface area contributed by atoms with Crippen LogP contribution < -0.4 is 26.1 Å². The van der Waals surface area contributed by atoms with Crippen molar-refractivity contribution in [3.8, 4) is 0 Å². The number of amides is 4. The second-order valence-corrected chi connectivity index (χ2v) is 17.1. The van der Waals surface area contributed by atoms with Gasteiger partial charge in [0.2, 0.25) is 23.6 Å². The van der Waals surface area contributed by atoms with Crippen molar-refractivity contribution in [3.63, 3.8) is 0 Å². The summed E-state index contributed by atoms with van der Waals surface area (Å²) in [7, 11) is 3.01. The number of likely N-dealkylation sites (N-methyl/N-ethyl adjacent to an activating group) is 2. The molecule has 65 heavy (non-hydrogen) atoms. The number of halogens is 4. The molecule has 0 unspecified atom stereocenters. The number of para-hydroxylation sites is 2. The van der Waals surface area contributed by atoms with E-state index in [0.717, 1.165) is 48.9 Å². The van der Waals surface area contributed by atoms with Crippen LogP contribution in [0.3, 0.4) is 0 Å². The van der Waals surface area contributed by atoms with E-state index in [1.807, 2.05) is 6.07 Å². The molecule has 0 bridgehead atoms. The lowest BCUT2D eigenvalue weighted by Gasteiger charge is -2.25. The number of fused-ring (bicyclic) bond motifs is 3.